The van der Waals surface area contributed by atoms with Crippen LogP contribution in [0.1, 0.15) is 12.0 Å². The Bertz CT molecular complexity index is 598. The van der Waals surface area contributed by atoms with Crippen molar-refractivity contribution in [1.82, 2.24) is 0 Å². The molecule has 1 heterocycles. The van der Waals surface area contributed by atoms with Crippen LogP contribution in [-0.4, -0.2) is 29.0 Å². The molecule has 0 saturated heterocycles. The van der Waals surface area contributed by atoms with Crippen LogP contribution in [0.5, 0.6) is 5.75 Å². The lowest BCUT2D eigenvalue weighted by atomic mass is 10.0. The van der Waals surface area contributed by atoms with Gasteiger partial charge >= 0.3 is 11.7 Å². The number of carboxylic acids is 1. The SMILES string of the molecule is COc1cc2c(cc1[N+](=O)[O-])CCC(C(=O)O)C(=O)N2. The first-order chi connectivity index (χ1) is 9.43. The first-order valence-electron chi connectivity index (χ1n) is 5.83. The Morgan fingerprint density at radius 3 is 2.80 bits per heavy atom. The van der Waals surface area contributed by atoms with Crippen LogP contribution in [0, 0.1) is 16.0 Å². The number of aliphatic carboxylic acids is 1. The first-order valence-corrected chi connectivity index (χ1v) is 5.83. The Morgan fingerprint density at radius 2 is 2.25 bits per heavy atom. The van der Waals surface area contributed by atoms with E-state index < -0.39 is 22.7 Å². The number of anilines is 1. The second-order valence-electron chi connectivity index (χ2n) is 4.36. The average Bonchev–Trinajstić information content (AvgIpc) is 2.54. The second kappa shape index (κ2) is 5.16. The molecule has 1 aromatic carbocycles. The van der Waals surface area contributed by atoms with Gasteiger partial charge in [0.25, 0.3) is 0 Å². The summed E-state index contributed by atoms with van der Waals surface area (Å²) in [6.07, 6.45) is 0.355. The molecule has 0 spiro atoms. The quantitative estimate of drug-likeness (QED) is 0.487. The highest BCUT2D eigenvalue weighted by Crippen LogP contribution is 2.35. The predicted molar refractivity (Wildman–Crippen MR) is 67.7 cm³/mol. The van der Waals surface area contributed by atoms with Gasteiger partial charge in [-0.15, -0.1) is 0 Å². The van der Waals surface area contributed by atoms with E-state index in [1.165, 1.54) is 19.2 Å². The molecule has 0 aromatic heterocycles. The van der Waals surface area contributed by atoms with E-state index in [4.69, 9.17) is 9.84 Å². The summed E-state index contributed by atoms with van der Waals surface area (Å²) in [6, 6.07) is 2.65. The van der Waals surface area contributed by atoms with E-state index in [-0.39, 0.29) is 24.3 Å². The molecule has 8 heteroatoms. The number of carbonyl (C=O) groups is 2. The van der Waals surface area contributed by atoms with Crippen molar-refractivity contribution in [2.75, 3.05) is 12.4 Å². The number of carboxylic acid groups (broad SMARTS) is 1. The monoisotopic (exact) mass is 280 g/mol. The number of benzene rings is 1. The fraction of sp³-hybridized carbons (Fsp3) is 0.333. The number of fused-ring (bicyclic) bond motifs is 1. The molecular formula is C12H12N2O6. The molecule has 0 fully saturated rings. The van der Waals surface area contributed by atoms with Gasteiger partial charge in [-0.1, -0.05) is 0 Å². The Balaban J connectivity index is 2.45. The second-order valence-corrected chi connectivity index (χ2v) is 4.36. The van der Waals surface area contributed by atoms with E-state index in [1.54, 1.807) is 0 Å². The average molecular weight is 280 g/mol. The molecular weight excluding hydrogens is 268 g/mol. The molecule has 2 N–H and O–H groups in total. The molecule has 0 radical (unpaired) electrons. The summed E-state index contributed by atoms with van der Waals surface area (Å²) in [4.78, 5) is 33.1. The van der Waals surface area contributed by atoms with Gasteiger partial charge < -0.3 is 15.2 Å². The molecule has 1 atom stereocenters. The number of ether oxygens (including phenoxy) is 1. The first kappa shape index (κ1) is 13.8. The topological polar surface area (TPSA) is 119 Å². The largest absolute Gasteiger partial charge is 0.490 e. The van der Waals surface area contributed by atoms with Gasteiger partial charge in [-0.2, -0.15) is 0 Å². The zero-order valence-corrected chi connectivity index (χ0v) is 10.6. The maximum atomic E-state index is 11.8. The fourth-order valence-corrected chi connectivity index (χ4v) is 2.13. The van der Waals surface area contributed by atoms with Crippen molar-refractivity contribution < 1.29 is 24.4 Å². The van der Waals surface area contributed by atoms with E-state index in [2.05, 4.69) is 5.32 Å². The van der Waals surface area contributed by atoms with E-state index >= 15 is 0 Å². The van der Waals surface area contributed by atoms with Crippen LogP contribution in [0.15, 0.2) is 12.1 Å². The number of carbonyl (C=O) groups excluding carboxylic acids is 1. The maximum Gasteiger partial charge on any atom is 0.316 e. The van der Waals surface area contributed by atoms with Crippen molar-refractivity contribution in [2.24, 2.45) is 5.92 Å². The van der Waals surface area contributed by atoms with Crippen molar-refractivity contribution >= 4 is 23.3 Å². The molecule has 106 valence electrons. The van der Waals surface area contributed by atoms with Crippen molar-refractivity contribution in [1.29, 1.82) is 0 Å². The summed E-state index contributed by atoms with van der Waals surface area (Å²) < 4.78 is 4.91. The molecule has 20 heavy (non-hydrogen) atoms. The van der Waals surface area contributed by atoms with Gasteiger partial charge in [-0.3, -0.25) is 19.7 Å². The minimum Gasteiger partial charge on any atom is -0.490 e. The zero-order chi connectivity index (χ0) is 14.9. The Kier molecular flexibility index (Phi) is 3.55. The molecule has 0 saturated carbocycles. The van der Waals surface area contributed by atoms with Crippen LogP contribution in [0.4, 0.5) is 11.4 Å². The van der Waals surface area contributed by atoms with Crippen LogP contribution in [-0.2, 0) is 16.0 Å². The fourth-order valence-electron chi connectivity index (χ4n) is 2.13. The smallest absolute Gasteiger partial charge is 0.316 e. The lowest BCUT2D eigenvalue weighted by Gasteiger charge is -2.10. The summed E-state index contributed by atoms with van der Waals surface area (Å²) in [5.74, 6) is -2.99. The third-order valence-corrected chi connectivity index (χ3v) is 3.18. The highest BCUT2D eigenvalue weighted by Gasteiger charge is 2.31. The molecule has 8 nitrogen and oxygen atoms in total. The zero-order valence-electron chi connectivity index (χ0n) is 10.6. The summed E-state index contributed by atoms with van der Waals surface area (Å²) in [6.45, 7) is 0. The van der Waals surface area contributed by atoms with Crippen molar-refractivity contribution in [2.45, 2.75) is 12.8 Å². The van der Waals surface area contributed by atoms with E-state index in [1.807, 2.05) is 0 Å². The van der Waals surface area contributed by atoms with Gasteiger partial charge in [0.05, 0.1) is 12.0 Å². The molecule has 1 aliphatic heterocycles. The van der Waals surface area contributed by atoms with Gasteiger partial charge in [0, 0.05) is 17.8 Å². The number of nitro benzene ring substituents is 1. The van der Waals surface area contributed by atoms with E-state index in [9.17, 15) is 19.7 Å². The van der Waals surface area contributed by atoms with Crippen molar-refractivity contribution in [3.8, 4) is 5.75 Å². The summed E-state index contributed by atoms with van der Waals surface area (Å²) in [5, 5.41) is 22.4. The maximum absolute atomic E-state index is 11.8. The molecule has 1 amide bonds. The van der Waals surface area contributed by atoms with Crippen LogP contribution < -0.4 is 10.1 Å². The minimum atomic E-state index is -1.21. The summed E-state index contributed by atoms with van der Waals surface area (Å²) >= 11 is 0. The number of aryl methyl sites for hydroxylation is 1. The lowest BCUT2D eigenvalue weighted by Crippen LogP contribution is -2.28. The molecule has 2 rings (SSSR count). The van der Waals surface area contributed by atoms with Gasteiger partial charge in [0.15, 0.2) is 5.75 Å². The molecule has 1 aliphatic rings. The predicted octanol–water partition coefficient (Wildman–Crippen LogP) is 1.19. The Hall–Kier alpha value is -2.64. The molecule has 0 bridgehead atoms. The van der Waals surface area contributed by atoms with Crippen LogP contribution >= 0.6 is 0 Å². The number of rotatable bonds is 3. The van der Waals surface area contributed by atoms with Crippen LogP contribution in [0.25, 0.3) is 0 Å². The van der Waals surface area contributed by atoms with Gasteiger partial charge in [0.2, 0.25) is 5.91 Å². The van der Waals surface area contributed by atoms with Crippen LogP contribution in [0.2, 0.25) is 0 Å². The van der Waals surface area contributed by atoms with E-state index in [0.717, 1.165) is 0 Å². The molecule has 0 aliphatic carbocycles. The number of nitro groups is 1. The number of nitrogens with one attached hydrogen (secondary N) is 1. The standard InChI is InChI=1S/C12H12N2O6/c1-20-10-5-8-6(4-9(10)14(18)19)2-3-7(12(16)17)11(15)13-8/h4-5,7H,2-3H2,1H3,(H,13,15)(H,16,17). The number of amides is 1. The van der Waals surface area contributed by atoms with Crippen molar-refractivity contribution in [3.05, 3.63) is 27.8 Å². The Morgan fingerprint density at radius 1 is 1.55 bits per heavy atom. The highest BCUT2D eigenvalue weighted by molar-refractivity contribution is 6.05. The highest BCUT2D eigenvalue weighted by atomic mass is 16.6. The number of hydrogen-bond acceptors (Lipinski definition) is 5. The number of nitrogens with zero attached hydrogens (tertiary/aromatic N) is 1. The normalized spacial score (nSPS) is 17.6. The lowest BCUT2D eigenvalue weighted by molar-refractivity contribution is -0.385. The van der Waals surface area contributed by atoms with Gasteiger partial charge in [-0.25, -0.2) is 0 Å². The van der Waals surface area contributed by atoms with Crippen LogP contribution in [0.3, 0.4) is 0 Å². The summed E-state index contributed by atoms with van der Waals surface area (Å²) in [5.41, 5.74) is 0.657. The number of methoxy groups -OCH3 is 1. The van der Waals surface area contributed by atoms with Crippen molar-refractivity contribution in [3.63, 3.8) is 0 Å². The third-order valence-electron chi connectivity index (χ3n) is 3.18. The summed E-state index contributed by atoms with van der Waals surface area (Å²) in [7, 11) is 1.29. The third kappa shape index (κ3) is 2.40. The van der Waals surface area contributed by atoms with Gasteiger partial charge in [-0.05, 0) is 18.4 Å². The Labute approximate surface area is 113 Å². The minimum absolute atomic E-state index is 0.0165. The molecule has 1 aromatic rings. The number of hydrogen-bond donors (Lipinski definition) is 2. The van der Waals surface area contributed by atoms with E-state index in [0.29, 0.717) is 11.3 Å². The molecule has 1 unspecified atom stereocenters. The van der Waals surface area contributed by atoms with Gasteiger partial charge in [0.1, 0.15) is 5.92 Å².